The molecule has 0 saturated heterocycles. The Bertz CT molecular complexity index is 1040. The number of anilines is 1. The highest BCUT2D eigenvalue weighted by Gasteiger charge is 2.17. The Hall–Kier alpha value is -2.62. The van der Waals surface area contributed by atoms with Gasteiger partial charge in [-0.25, -0.2) is 14.8 Å². The fourth-order valence-corrected chi connectivity index (χ4v) is 3.50. The van der Waals surface area contributed by atoms with Crippen LogP contribution in [0.15, 0.2) is 36.1 Å². The maximum atomic E-state index is 12.4. The monoisotopic (exact) mass is 452 g/mol. The highest BCUT2D eigenvalue weighted by molar-refractivity contribution is 7.13. The molecule has 0 aliphatic rings. The van der Waals surface area contributed by atoms with Gasteiger partial charge in [-0.2, -0.15) is 0 Å². The van der Waals surface area contributed by atoms with Crippen LogP contribution >= 0.6 is 34.5 Å². The molecular weight excluding hydrogens is 435 g/mol. The topological polar surface area (TPSA) is 92.2 Å². The normalized spacial score (nSPS) is 10.6. The molecular formula is C18H18Cl2N6O2S. The minimum absolute atomic E-state index is 0.160. The van der Waals surface area contributed by atoms with E-state index in [1.165, 1.54) is 17.5 Å². The number of imidazole rings is 1. The van der Waals surface area contributed by atoms with E-state index in [1.807, 2.05) is 0 Å². The number of urea groups is 1. The lowest BCUT2D eigenvalue weighted by atomic mass is 10.2. The summed E-state index contributed by atoms with van der Waals surface area (Å²) in [6.45, 7) is 0.607. The first-order valence-corrected chi connectivity index (χ1v) is 10.1. The number of aromatic nitrogens is 3. The third kappa shape index (κ3) is 5.47. The van der Waals surface area contributed by atoms with Gasteiger partial charge in [-0.05, 0) is 17.7 Å². The molecule has 8 nitrogen and oxygen atoms in total. The smallest absolute Gasteiger partial charge is 0.321 e. The number of hydrogen-bond acceptors (Lipinski definition) is 5. The van der Waals surface area contributed by atoms with Crippen molar-refractivity contribution in [2.24, 2.45) is 7.05 Å². The summed E-state index contributed by atoms with van der Waals surface area (Å²) in [5.41, 5.74) is 1.99. The maximum absolute atomic E-state index is 12.4. The molecule has 0 fully saturated rings. The lowest BCUT2D eigenvalue weighted by molar-refractivity contribution is 0.0774. The van der Waals surface area contributed by atoms with Crippen molar-refractivity contribution in [1.29, 1.82) is 0 Å². The molecule has 152 valence electrons. The molecule has 0 spiro atoms. The second-order valence-electron chi connectivity index (χ2n) is 6.25. The number of carbonyl (C=O) groups is 2. The number of halogens is 2. The molecule has 0 atom stereocenters. The van der Waals surface area contributed by atoms with Crippen molar-refractivity contribution in [3.05, 3.63) is 63.1 Å². The molecule has 0 aliphatic carbocycles. The lowest BCUT2D eigenvalue weighted by Crippen LogP contribution is -2.28. The van der Waals surface area contributed by atoms with Gasteiger partial charge in [0.25, 0.3) is 5.91 Å². The predicted octanol–water partition coefficient (Wildman–Crippen LogP) is 3.78. The molecule has 0 aliphatic heterocycles. The number of benzene rings is 1. The van der Waals surface area contributed by atoms with Crippen molar-refractivity contribution < 1.29 is 9.59 Å². The summed E-state index contributed by atoms with van der Waals surface area (Å²) >= 11 is 13.1. The molecule has 3 rings (SSSR count). The summed E-state index contributed by atoms with van der Waals surface area (Å²) in [6, 6.07) is 4.76. The summed E-state index contributed by atoms with van der Waals surface area (Å²) in [6.07, 6.45) is 3.09. The van der Waals surface area contributed by atoms with Crippen LogP contribution in [0.4, 0.5) is 9.93 Å². The summed E-state index contributed by atoms with van der Waals surface area (Å²) in [5.74, 6) is -0.160. The Morgan fingerprint density at radius 1 is 1.28 bits per heavy atom. The molecule has 3 amide bonds. The number of carbonyl (C=O) groups excluding carboxylic acids is 2. The standard InChI is InChI=1S/C18H18Cl2N6O2S/c1-25(16(27)15-7-21-10-26(15)2)8-12-9-29-18(23-12)24-17(28)22-6-11-3-4-13(19)14(20)5-11/h3-5,7,9-10H,6,8H2,1-2H3,(H2,22,23,24,28). The summed E-state index contributed by atoms with van der Waals surface area (Å²) < 4.78 is 1.66. The van der Waals surface area contributed by atoms with Gasteiger partial charge in [0.1, 0.15) is 5.69 Å². The van der Waals surface area contributed by atoms with E-state index in [-0.39, 0.29) is 5.91 Å². The molecule has 0 radical (unpaired) electrons. The fourth-order valence-electron chi connectivity index (χ4n) is 2.48. The molecule has 0 bridgehead atoms. The maximum Gasteiger partial charge on any atom is 0.321 e. The average molecular weight is 453 g/mol. The van der Waals surface area contributed by atoms with Gasteiger partial charge < -0.3 is 14.8 Å². The van der Waals surface area contributed by atoms with Gasteiger partial charge in [0.15, 0.2) is 5.13 Å². The molecule has 2 N–H and O–H groups in total. The second kappa shape index (κ2) is 9.25. The van der Waals surface area contributed by atoms with Crippen LogP contribution in [0.1, 0.15) is 21.7 Å². The van der Waals surface area contributed by atoms with Crippen molar-refractivity contribution in [1.82, 2.24) is 24.8 Å². The zero-order valence-electron chi connectivity index (χ0n) is 15.6. The van der Waals surface area contributed by atoms with E-state index < -0.39 is 6.03 Å². The van der Waals surface area contributed by atoms with E-state index >= 15 is 0 Å². The third-order valence-electron chi connectivity index (χ3n) is 3.99. The van der Waals surface area contributed by atoms with Crippen LogP contribution in [0, 0.1) is 0 Å². The minimum atomic E-state index is -0.392. The van der Waals surface area contributed by atoms with E-state index in [9.17, 15) is 9.59 Å². The van der Waals surface area contributed by atoms with Gasteiger partial charge in [0.2, 0.25) is 0 Å². The Morgan fingerprint density at radius 3 is 2.76 bits per heavy atom. The number of rotatable bonds is 6. The summed E-state index contributed by atoms with van der Waals surface area (Å²) in [5, 5.41) is 8.53. The first-order chi connectivity index (χ1) is 13.8. The minimum Gasteiger partial charge on any atom is -0.334 e. The SMILES string of the molecule is CN(Cc1csc(NC(=O)NCc2ccc(Cl)c(Cl)c2)n1)C(=O)c1cncn1C. The largest absolute Gasteiger partial charge is 0.334 e. The number of amides is 3. The van der Waals surface area contributed by atoms with Gasteiger partial charge in [0, 0.05) is 26.0 Å². The zero-order chi connectivity index (χ0) is 21.0. The van der Waals surface area contributed by atoms with Crippen LogP contribution in [0.5, 0.6) is 0 Å². The van der Waals surface area contributed by atoms with Crippen molar-refractivity contribution in [2.75, 3.05) is 12.4 Å². The fraction of sp³-hybridized carbons (Fsp3) is 0.222. The van der Waals surface area contributed by atoms with Crippen LogP contribution in [-0.2, 0) is 20.1 Å². The van der Waals surface area contributed by atoms with Crippen molar-refractivity contribution >= 4 is 51.6 Å². The molecule has 2 aromatic heterocycles. The Balaban J connectivity index is 1.51. The van der Waals surface area contributed by atoms with Crippen LogP contribution in [0.25, 0.3) is 0 Å². The first kappa shape index (κ1) is 21.1. The molecule has 2 heterocycles. The lowest BCUT2D eigenvalue weighted by Gasteiger charge is -2.15. The third-order valence-corrected chi connectivity index (χ3v) is 5.54. The van der Waals surface area contributed by atoms with E-state index in [0.29, 0.717) is 39.7 Å². The average Bonchev–Trinajstić information content (AvgIpc) is 3.30. The molecule has 3 aromatic rings. The number of hydrogen-bond donors (Lipinski definition) is 2. The van der Waals surface area contributed by atoms with Gasteiger partial charge >= 0.3 is 6.03 Å². The Kier molecular flexibility index (Phi) is 6.73. The van der Waals surface area contributed by atoms with E-state index in [1.54, 1.807) is 53.5 Å². The molecule has 0 saturated carbocycles. The quantitative estimate of drug-likeness (QED) is 0.594. The summed E-state index contributed by atoms with van der Waals surface area (Å²) in [4.78, 5) is 34.3. The number of nitrogens with zero attached hydrogens (tertiary/aromatic N) is 4. The van der Waals surface area contributed by atoms with Gasteiger partial charge in [0.05, 0.1) is 34.8 Å². The number of thiazole rings is 1. The Morgan fingerprint density at radius 2 is 2.07 bits per heavy atom. The number of aryl methyl sites for hydroxylation is 1. The van der Waals surface area contributed by atoms with Crippen LogP contribution in [0.3, 0.4) is 0 Å². The van der Waals surface area contributed by atoms with Gasteiger partial charge in [-0.3, -0.25) is 10.1 Å². The molecule has 1 aromatic carbocycles. The van der Waals surface area contributed by atoms with E-state index in [0.717, 1.165) is 5.56 Å². The van der Waals surface area contributed by atoms with Crippen molar-refractivity contribution in [2.45, 2.75) is 13.1 Å². The number of nitrogens with one attached hydrogen (secondary N) is 2. The predicted molar refractivity (Wildman–Crippen MR) is 113 cm³/mol. The van der Waals surface area contributed by atoms with E-state index in [2.05, 4.69) is 20.6 Å². The van der Waals surface area contributed by atoms with E-state index in [4.69, 9.17) is 23.2 Å². The van der Waals surface area contributed by atoms with Gasteiger partial charge in [-0.15, -0.1) is 11.3 Å². The second-order valence-corrected chi connectivity index (χ2v) is 7.92. The highest BCUT2D eigenvalue weighted by Crippen LogP contribution is 2.22. The van der Waals surface area contributed by atoms with Crippen LogP contribution in [0.2, 0.25) is 10.0 Å². The highest BCUT2D eigenvalue weighted by atomic mass is 35.5. The first-order valence-electron chi connectivity index (χ1n) is 8.48. The summed E-state index contributed by atoms with van der Waals surface area (Å²) in [7, 11) is 3.45. The van der Waals surface area contributed by atoms with Crippen LogP contribution < -0.4 is 10.6 Å². The molecule has 11 heteroatoms. The van der Waals surface area contributed by atoms with Crippen molar-refractivity contribution in [3.63, 3.8) is 0 Å². The van der Waals surface area contributed by atoms with Crippen molar-refractivity contribution in [3.8, 4) is 0 Å². The van der Waals surface area contributed by atoms with Gasteiger partial charge in [-0.1, -0.05) is 29.3 Å². The zero-order valence-corrected chi connectivity index (χ0v) is 18.0. The Labute approximate surface area is 181 Å². The molecule has 29 heavy (non-hydrogen) atoms. The van der Waals surface area contributed by atoms with Crippen LogP contribution in [-0.4, -0.2) is 38.4 Å². The molecule has 0 unspecified atom stereocenters.